The summed E-state index contributed by atoms with van der Waals surface area (Å²) in [5.41, 5.74) is 2.78. The van der Waals surface area contributed by atoms with E-state index in [2.05, 4.69) is 15.5 Å². The molecule has 2 N–H and O–H groups in total. The molecule has 7 heteroatoms. The SMILES string of the molecule is COc1ccc(-c2[nH]ncc2CNC(=O)COCC2CCCCO2)cc1. The van der Waals surface area contributed by atoms with Crippen LogP contribution in [0, 0.1) is 0 Å². The average Bonchev–Trinajstić information content (AvgIpc) is 3.16. The highest BCUT2D eigenvalue weighted by Gasteiger charge is 2.15. The molecule has 26 heavy (non-hydrogen) atoms. The van der Waals surface area contributed by atoms with Gasteiger partial charge >= 0.3 is 0 Å². The number of hydrogen-bond donors (Lipinski definition) is 2. The number of rotatable bonds is 8. The molecule has 140 valence electrons. The van der Waals surface area contributed by atoms with Gasteiger partial charge in [0.1, 0.15) is 12.4 Å². The Morgan fingerprint density at radius 3 is 2.92 bits per heavy atom. The predicted molar refractivity (Wildman–Crippen MR) is 96.8 cm³/mol. The summed E-state index contributed by atoms with van der Waals surface area (Å²) in [5, 5.41) is 9.93. The molecule has 1 amide bonds. The number of aromatic amines is 1. The molecule has 0 radical (unpaired) electrons. The summed E-state index contributed by atoms with van der Waals surface area (Å²) < 4.78 is 16.2. The van der Waals surface area contributed by atoms with Crippen LogP contribution in [0.15, 0.2) is 30.5 Å². The van der Waals surface area contributed by atoms with Crippen molar-refractivity contribution in [1.29, 1.82) is 0 Å². The Morgan fingerprint density at radius 1 is 1.35 bits per heavy atom. The molecule has 7 nitrogen and oxygen atoms in total. The fraction of sp³-hybridized carbons (Fsp3) is 0.474. The van der Waals surface area contributed by atoms with Crippen LogP contribution in [0.4, 0.5) is 0 Å². The molecular formula is C19H25N3O4. The van der Waals surface area contributed by atoms with Gasteiger partial charge < -0.3 is 19.5 Å². The van der Waals surface area contributed by atoms with Crippen LogP contribution in [0.2, 0.25) is 0 Å². The van der Waals surface area contributed by atoms with Crippen molar-refractivity contribution < 1.29 is 19.0 Å². The average molecular weight is 359 g/mol. The minimum Gasteiger partial charge on any atom is -0.497 e. The van der Waals surface area contributed by atoms with Gasteiger partial charge in [0.05, 0.1) is 31.7 Å². The Balaban J connectivity index is 1.45. The largest absolute Gasteiger partial charge is 0.497 e. The van der Waals surface area contributed by atoms with E-state index in [0.29, 0.717) is 13.2 Å². The summed E-state index contributed by atoms with van der Waals surface area (Å²) in [6, 6.07) is 7.68. The minimum atomic E-state index is -0.150. The molecule has 2 aromatic rings. The maximum absolute atomic E-state index is 12.0. The number of carbonyl (C=O) groups excluding carboxylic acids is 1. The van der Waals surface area contributed by atoms with Crippen LogP contribution in [-0.4, -0.2) is 49.1 Å². The smallest absolute Gasteiger partial charge is 0.246 e. The zero-order chi connectivity index (χ0) is 18.2. The summed E-state index contributed by atoms with van der Waals surface area (Å²) in [5.74, 6) is 0.643. The fourth-order valence-corrected chi connectivity index (χ4v) is 2.92. The first-order chi connectivity index (χ1) is 12.8. The topological polar surface area (TPSA) is 85.5 Å². The molecule has 0 spiro atoms. The van der Waals surface area contributed by atoms with Crippen molar-refractivity contribution in [3.05, 3.63) is 36.0 Å². The molecule has 1 aliphatic rings. The zero-order valence-corrected chi connectivity index (χ0v) is 15.0. The number of nitrogens with one attached hydrogen (secondary N) is 2. The van der Waals surface area contributed by atoms with Crippen molar-refractivity contribution in [3.8, 4) is 17.0 Å². The molecule has 1 unspecified atom stereocenters. The standard InChI is InChI=1S/C19H25N3O4/c1-24-16-7-5-14(6-8-16)19-15(11-21-22-19)10-20-18(23)13-25-12-17-4-2-3-9-26-17/h5-8,11,17H,2-4,9-10,12-13H2,1H3,(H,20,23)(H,21,22). The second-order valence-corrected chi connectivity index (χ2v) is 6.28. The van der Waals surface area contributed by atoms with Gasteiger partial charge in [0, 0.05) is 24.3 Å². The van der Waals surface area contributed by atoms with E-state index in [0.717, 1.165) is 48.4 Å². The molecule has 0 aliphatic carbocycles. The lowest BCUT2D eigenvalue weighted by Crippen LogP contribution is -2.30. The minimum absolute atomic E-state index is 0.0373. The fourth-order valence-electron chi connectivity index (χ4n) is 2.92. The molecule has 0 saturated carbocycles. The van der Waals surface area contributed by atoms with Crippen LogP contribution in [-0.2, 0) is 20.8 Å². The van der Waals surface area contributed by atoms with Crippen molar-refractivity contribution in [2.45, 2.75) is 31.9 Å². The lowest BCUT2D eigenvalue weighted by Gasteiger charge is -2.22. The van der Waals surface area contributed by atoms with Crippen molar-refractivity contribution in [2.75, 3.05) is 26.9 Å². The zero-order valence-electron chi connectivity index (χ0n) is 15.0. The third-order valence-electron chi connectivity index (χ3n) is 4.38. The van der Waals surface area contributed by atoms with Crippen molar-refractivity contribution in [1.82, 2.24) is 15.5 Å². The Morgan fingerprint density at radius 2 is 2.19 bits per heavy atom. The van der Waals surface area contributed by atoms with E-state index < -0.39 is 0 Å². The van der Waals surface area contributed by atoms with Gasteiger partial charge in [0.2, 0.25) is 5.91 Å². The first kappa shape index (κ1) is 18.4. The van der Waals surface area contributed by atoms with E-state index in [1.165, 1.54) is 0 Å². The highest BCUT2D eigenvalue weighted by molar-refractivity contribution is 5.77. The van der Waals surface area contributed by atoms with Crippen molar-refractivity contribution >= 4 is 5.91 Å². The highest BCUT2D eigenvalue weighted by Crippen LogP contribution is 2.23. The second-order valence-electron chi connectivity index (χ2n) is 6.28. The summed E-state index contributed by atoms with van der Waals surface area (Å²) in [7, 11) is 1.63. The number of hydrogen-bond acceptors (Lipinski definition) is 5. The van der Waals surface area contributed by atoms with Crippen molar-refractivity contribution in [3.63, 3.8) is 0 Å². The third kappa shape index (κ3) is 5.06. The van der Waals surface area contributed by atoms with Gasteiger partial charge in [-0.3, -0.25) is 9.89 Å². The first-order valence-electron chi connectivity index (χ1n) is 8.89. The maximum atomic E-state index is 12.0. The van der Waals surface area contributed by atoms with Gasteiger partial charge in [0.15, 0.2) is 0 Å². The maximum Gasteiger partial charge on any atom is 0.246 e. The van der Waals surface area contributed by atoms with Crippen LogP contribution in [0.3, 0.4) is 0 Å². The molecule has 2 heterocycles. The third-order valence-corrected chi connectivity index (χ3v) is 4.38. The first-order valence-corrected chi connectivity index (χ1v) is 8.89. The van der Waals surface area contributed by atoms with Crippen LogP contribution < -0.4 is 10.1 Å². The van der Waals surface area contributed by atoms with Crippen LogP contribution in [0.25, 0.3) is 11.3 Å². The lowest BCUT2D eigenvalue weighted by molar-refractivity contribution is -0.128. The van der Waals surface area contributed by atoms with E-state index >= 15 is 0 Å². The summed E-state index contributed by atoms with van der Waals surface area (Å²) >= 11 is 0. The predicted octanol–water partition coefficient (Wildman–Crippen LogP) is 2.29. The van der Waals surface area contributed by atoms with Crippen LogP contribution in [0.5, 0.6) is 5.75 Å². The number of ether oxygens (including phenoxy) is 3. The van der Waals surface area contributed by atoms with E-state index in [-0.39, 0.29) is 18.6 Å². The number of amides is 1. The Labute approximate surface area is 153 Å². The molecule has 1 aromatic carbocycles. The number of methoxy groups -OCH3 is 1. The van der Waals surface area contributed by atoms with E-state index in [1.807, 2.05) is 24.3 Å². The lowest BCUT2D eigenvalue weighted by atomic mass is 10.1. The molecule has 1 saturated heterocycles. The quantitative estimate of drug-likeness (QED) is 0.755. The van der Waals surface area contributed by atoms with E-state index in [1.54, 1.807) is 13.3 Å². The van der Waals surface area contributed by atoms with Crippen LogP contribution in [0.1, 0.15) is 24.8 Å². The molecule has 1 aromatic heterocycles. The van der Waals surface area contributed by atoms with Gasteiger partial charge in [-0.15, -0.1) is 0 Å². The van der Waals surface area contributed by atoms with Crippen molar-refractivity contribution in [2.24, 2.45) is 0 Å². The number of nitrogens with zero attached hydrogens (tertiary/aromatic N) is 1. The van der Waals surface area contributed by atoms with Gasteiger partial charge in [-0.05, 0) is 43.5 Å². The van der Waals surface area contributed by atoms with E-state index in [9.17, 15) is 4.79 Å². The Hall–Kier alpha value is -2.38. The molecule has 3 rings (SSSR count). The van der Waals surface area contributed by atoms with Gasteiger partial charge in [-0.25, -0.2) is 0 Å². The van der Waals surface area contributed by atoms with Gasteiger partial charge in [-0.2, -0.15) is 5.10 Å². The molecule has 1 atom stereocenters. The number of H-pyrrole nitrogens is 1. The van der Waals surface area contributed by atoms with Gasteiger partial charge in [0.25, 0.3) is 0 Å². The monoisotopic (exact) mass is 359 g/mol. The number of aromatic nitrogens is 2. The Kier molecular flexibility index (Phi) is 6.62. The number of carbonyl (C=O) groups is 1. The summed E-state index contributed by atoms with van der Waals surface area (Å²) in [6.07, 6.45) is 5.11. The van der Waals surface area contributed by atoms with Crippen LogP contribution >= 0.6 is 0 Å². The summed E-state index contributed by atoms with van der Waals surface area (Å²) in [6.45, 7) is 1.68. The summed E-state index contributed by atoms with van der Waals surface area (Å²) in [4.78, 5) is 12.0. The van der Waals surface area contributed by atoms with E-state index in [4.69, 9.17) is 14.2 Å². The second kappa shape index (κ2) is 9.35. The Bertz CT molecular complexity index is 693. The number of benzene rings is 1. The highest BCUT2D eigenvalue weighted by atomic mass is 16.5. The normalized spacial score (nSPS) is 17.0. The molecule has 1 fully saturated rings. The molecular weight excluding hydrogens is 334 g/mol. The molecule has 0 bridgehead atoms. The van der Waals surface area contributed by atoms with Gasteiger partial charge in [-0.1, -0.05) is 0 Å². The molecule has 1 aliphatic heterocycles.